The molecule has 0 saturated carbocycles. The average molecular weight is 328 g/mol. The van der Waals surface area contributed by atoms with E-state index in [1.807, 2.05) is 31.2 Å². The zero-order valence-electron chi connectivity index (χ0n) is 9.74. The van der Waals surface area contributed by atoms with Crippen LogP contribution in [0.3, 0.4) is 0 Å². The van der Waals surface area contributed by atoms with Gasteiger partial charge in [-0.25, -0.2) is 4.98 Å². The van der Waals surface area contributed by atoms with Crippen LogP contribution in [0, 0.1) is 0 Å². The third-order valence-corrected chi connectivity index (χ3v) is 3.08. The predicted octanol–water partition coefficient (Wildman–Crippen LogP) is 4.07. The van der Waals surface area contributed by atoms with Gasteiger partial charge in [0.05, 0.1) is 5.69 Å². The van der Waals surface area contributed by atoms with Gasteiger partial charge in [-0.3, -0.25) is 0 Å². The van der Waals surface area contributed by atoms with E-state index in [0.717, 1.165) is 22.5 Å². The van der Waals surface area contributed by atoms with E-state index >= 15 is 0 Å². The van der Waals surface area contributed by atoms with Gasteiger partial charge in [-0.05, 0) is 47.1 Å². The number of rotatable bonds is 4. The molecule has 0 radical (unpaired) electrons. The lowest BCUT2D eigenvalue weighted by molar-refractivity contribution is 1.09. The molecule has 0 saturated heterocycles. The third kappa shape index (κ3) is 3.34. The molecule has 1 heterocycles. The van der Waals surface area contributed by atoms with Gasteiger partial charge < -0.3 is 10.6 Å². The van der Waals surface area contributed by atoms with Crippen LogP contribution >= 0.6 is 27.5 Å². The third-order valence-electron chi connectivity index (χ3n) is 2.18. The van der Waals surface area contributed by atoms with E-state index in [2.05, 4.69) is 36.5 Å². The minimum atomic E-state index is 0.604. The molecule has 0 spiro atoms. The molecule has 0 fully saturated rings. The molecule has 0 aliphatic rings. The summed E-state index contributed by atoms with van der Waals surface area (Å²) in [6, 6.07) is 7.35. The summed E-state index contributed by atoms with van der Waals surface area (Å²) in [6.07, 6.45) is 1.71. The zero-order chi connectivity index (χ0) is 13.0. The Bertz CT molecular complexity index is 547. The highest BCUT2D eigenvalue weighted by Crippen LogP contribution is 2.28. The fraction of sp³-hybridized carbons (Fsp3) is 0.167. The molecular formula is C12H12BrClN4. The first-order chi connectivity index (χ1) is 8.69. The standard InChI is InChI=1S/C12H12BrClN4/c1-2-15-12-16-6-5-11(18-12)17-10-4-3-8(14)7-9(10)13/h3-7H,2H2,1H3,(H2,15,16,17,18). The Labute approximate surface area is 119 Å². The predicted molar refractivity (Wildman–Crippen MR) is 78.6 cm³/mol. The lowest BCUT2D eigenvalue weighted by Crippen LogP contribution is -2.03. The second kappa shape index (κ2) is 6.02. The Kier molecular flexibility index (Phi) is 4.38. The van der Waals surface area contributed by atoms with Crippen LogP contribution in [0.1, 0.15) is 6.92 Å². The molecule has 2 N–H and O–H groups in total. The average Bonchev–Trinajstić information content (AvgIpc) is 2.34. The SMILES string of the molecule is CCNc1nccc(Nc2ccc(Cl)cc2Br)n1. The van der Waals surface area contributed by atoms with Gasteiger partial charge in [-0.15, -0.1) is 0 Å². The van der Waals surface area contributed by atoms with Crippen LogP contribution in [0.15, 0.2) is 34.9 Å². The summed E-state index contributed by atoms with van der Waals surface area (Å²) in [5, 5.41) is 6.95. The molecule has 0 aliphatic heterocycles. The fourth-order valence-corrected chi connectivity index (χ4v) is 2.18. The van der Waals surface area contributed by atoms with Crippen molar-refractivity contribution >= 4 is 45.0 Å². The second-order valence-electron chi connectivity index (χ2n) is 3.54. The molecule has 4 nitrogen and oxygen atoms in total. The number of nitrogens with one attached hydrogen (secondary N) is 2. The van der Waals surface area contributed by atoms with E-state index in [0.29, 0.717) is 11.0 Å². The first kappa shape index (κ1) is 13.1. The van der Waals surface area contributed by atoms with Crippen LogP contribution in [-0.2, 0) is 0 Å². The first-order valence-corrected chi connectivity index (χ1v) is 6.65. The van der Waals surface area contributed by atoms with Crippen molar-refractivity contribution in [2.45, 2.75) is 6.92 Å². The van der Waals surface area contributed by atoms with Crippen molar-refractivity contribution in [1.29, 1.82) is 0 Å². The first-order valence-electron chi connectivity index (χ1n) is 5.48. The van der Waals surface area contributed by atoms with Gasteiger partial charge in [0, 0.05) is 22.2 Å². The van der Waals surface area contributed by atoms with E-state index in [-0.39, 0.29) is 0 Å². The van der Waals surface area contributed by atoms with Crippen LogP contribution in [0.25, 0.3) is 0 Å². The van der Waals surface area contributed by atoms with Gasteiger partial charge in [-0.1, -0.05) is 11.6 Å². The minimum absolute atomic E-state index is 0.604. The highest BCUT2D eigenvalue weighted by molar-refractivity contribution is 9.10. The number of nitrogens with zero attached hydrogens (tertiary/aromatic N) is 2. The summed E-state index contributed by atoms with van der Waals surface area (Å²) in [7, 11) is 0. The maximum absolute atomic E-state index is 5.89. The quantitative estimate of drug-likeness (QED) is 0.889. The Morgan fingerprint density at radius 3 is 2.89 bits per heavy atom. The smallest absolute Gasteiger partial charge is 0.224 e. The van der Waals surface area contributed by atoms with Crippen LogP contribution in [-0.4, -0.2) is 16.5 Å². The topological polar surface area (TPSA) is 49.8 Å². The highest BCUT2D eigenvalue weighted by Gasteiger charge is 2.03. The maximum Gasteiger partial charge on any atom is 0.224 e. The fourth-order valence-electron chi connectivity index (χ4n) is 1.40. The number of benzene rings is 1. The van der Waals surface area contributed by atoms with Crippen molar-refractivity contribution in [1.82, 2.24) is 9.97 Å². The highest BCUT2D eigenvalue weighted by atomic mass is 79.9. The summed E-state index contributed by atoms with van der Waals surface area (Å²) in [4.78, 5) is 8.45. The van der Waals surface area contributed by atoms with Gasteiger partial charge >= 0.3 is 0 Å². The van der Waals surface area contributed by atoms with Gasteiger partial charge in [-0.2, -0.15) is 4.98 Å². The molecule has 0 aliphatic carbocycles. The van der Waals surface area contributed by atoms with Gasteiger partial charge in [0.15, 0.2) is 0 Å². The zero-order valence-corrected chi connectivity index (χ0v) is 12.1. The van der Waals surface area contributed by atoms with E-state index in [1.165, 1.54) is 0 Å². The lowest BCUT2D eigenvalue weighted by atomic mass is 10.3. The van der Waals surface area contributed by atoms with Crippen LogP contribution < -0.4 is 10.6 Å². The van der Waals surface area contributed by atoms with Crippen molar-refractivity contribution in [3.05, 3.63) is 40.0 Å². The number of hydrogen-bond acceptors (Lipinski definition) is 4. The monoisotopic (exact) mass is 326 g/mol. The van der Waals surface area contributed by atoms with E-state index in [9.17, 15) is 0 Å². The molecule has 2 rings (SSSR count). The van der Waals surface area contributed by atoms with Gasteiger partial charge in [0.2, 0.25) is 5.95 Å². The molecule has 0 atom stereocenters. The Morgan fingerprint density at radius 2 is 2.17 bits per heavy atom. The molecule has 6 heteroatoms. The van der Waals surface area contributed by atoms with E-state index in [1.54, 1.807) is 6.20 Å². The Morgan fingerprint density at radius 1 is 1.33 bits per heavy atom. The summed E-state index contributed by atoms with van der Waals surface area (Å²) in [6.45, 7) is 2.79. The molecule has 18 heavy (non-hydrogen) atoms. The summed E-state index contributed by atoms with van der Waals surface area (Å²) < 4.78 is 0.888. The van der Waals surface area contributed by atoms with Crippen LogP contribution in [0.2, 0.25) is 5.02 Å². The molecule has 1 aromatic heterocycles. The molecular weight excluding hydrogens is 316 g/mol. The van der Waals surface area contributed by atoms with Crippen molar-refractivity contribution < 1.29 is 0 Å². The molecule has 0 unspecified atom stereocenters. The molecule has 94 valence electrons. The second-order valence-corrected chi connectivity index (χ2v) is 4.84. The summed E-state index contributed by atoms with van der Waals surface area (Å²) in [5.41, 5.74) is 0.903. The Balaban J connectivity index is 2.20. The van der Waals surface area contributed by atoms with Crippen molar-refractivity contribution in [3.8, 4) is 0 Å². The molecule has 0 bridgehead atoms. The van der Waals surface area contributed by atoms with Crippen molar-refractivity contribution in [3.63, 3.8) is 0 Å². The molecule has 1 aromatic carbocycles. The molecule has 2 aromatic rings. The maximum atomic E-state index is 5.89. The number of anilines is 3. The van der Waals surface area contributed by atoms with Gasteiger partial charge in [0.1, 0.15) is 5.82 Å². The number of hydrogen-bond donors (Lipinski definition) is 2. The summed E-state index contributed by atoms with van der Waals surface area (Å²) in [5.74, 6) is 1.33. The van der Waals surface area contributed by atoms with Crippen LogP contribution in [0.5, 0.6) is 0 Å². The number of halogens is 2. The summed E-state index contributed by atoms with van der Waals surface area (Å²) >= 11 is 9.34. The van der Waals surface area contributed by atoms with Gasteiger partial charge in [0.25, 0.3) is 0 Å². The van der Waals surface area contributed by atoms with Crippen molar-refractivity contribution in [2.75, 3.05) is 17.2 Å². The van der Waals surface area contributed by atoms with Crippen molar-refractivity contribution in [2.24, 2.45) is 0 Å². The normalized spacial score (nSPS) is 10.2. The van der Waals surface area contributed by atoms with E-state index < -0.39 is 0 Å². The van der Waals surface area contributed by atoms with Crippen LogP contribution in [0.4, 0.5) is 17.5 Å². The molecule has 0 amide bonds. The minimum Gasteiger partial charge on any atom is -0.354 e. The van der Waals surface area contributed by atoms with E-state index in [4.69, 9.17) is 11.6 Å². The lowest BCUT2D eigenvalue weighted by Gasteiger charge is -2.09. The Hall–Kier alpha value is -1.33. The largest absolute Gasteiger partial charge is 0.354 e. The number of aromatic nitrogens is 2.